The molecule has 0 heterocycles. The molecule has 0 aliphatic heterocycles. The number of benzene rings is 1. The molecule has 1 rings (SSSR count). The molecule has 0 aromatic heterocycles. The summed E-state index contributed by atoms with van der Waals surface area (Å²) in [6, 6.07) is 7.85. The van der Waals surface area contributed by atoms with Gasteiger partial charge in [0.05, 0.1) is 6.42 Å². The van der Waals surface area contributed by atoms with E-state index in [1.807, 2.05) is 18.2 Å². The number of nitrogens with one attached hydrogen (secondary N) is 2. The van der Waals surface area contributed by atoms with Gasteiger partial charge < -0.3 is 10.6 Å². The van der Waals surface area contributed by atoms with Crippen molar-refractivity contribution in [3.05, 3.63) is 34.9 Å². The van der Waals surface area contributed by atoms with Gasteiger partial charge >= 0.3 is 0 Å². The Bertz CT molecular complexity index is 366. The van der Waals surface area contributed by atoms with E-state index in [9.17, 15) is 4.79 Å². The van der Waals surface area contributed by atoms with Crippen molar-refractivity contribution in [2.45, 2.75) is 26.3 Å². The summed E-state index contributed by atoms with van der Waals surface area (Å²) in [5.74, 6) is 0.00339. The monoisotopic (exact) mass is 254 g/mol. The van der Waals surface area contributed by atoms with Crippen LogP contribution < -0.4 is 10.6 Å². The van der Waals surface area contributed by atoms with Gasteiger partial charge in [-0.3, -0.25) is 4.79 Å². The minimum Gasteiger partial charge on any atom is -0.355 e. The number of amides is 1. The molecule has 0 saturated carbocycles. The van der Waals surface area contributed by atoms with E-state index in [1.165, 1.54) is 0 Å². The van der Waals surface area contributed by atoms with Gasteiger partial charge in [0, 0.05) is 24.2 Å². The highest BCUT2D eigenvalue weighted by Crippen LogP contribution is 2.14. The summed E-state index contributed by atoms with van der Waals surface area (Å²) in [5, 5.41) is 6.73. The molecule has 94 valence electrons. The normalized spacial score (nSPS) is 10.6. The molecule has 0 aliphatic rings. The number of carbonyl (C=O) groups excluding carboxylic acids is 1. The van der Waals surface area contributed by atoms with E-state index in [1.54, 1.807) is 6.07 Å². The van der Waals surface area contributed by atoms with E-state index in [2.05, 4.69) is 24.5 Å². The van der Waals surface area contributed by atoms with Crippen molar-refractivity contribution < 1.29 is 4.79 Å². The third-order valence-corrected chi connectivity index (χ3v) is 2.68. The molecule has 0 aliphatic carbocycles. The maximum atomic E-state index is 11.6. The zero-order chi connectivity index (χ0) is 12.7. The summed E-state index contributed by atoms with van der Waals surface area (Å²) in [7, 11) is 0. The second-order valence-electron chi connectivity index (χ2n) is 4.23. The van der Waals surface area contributed by atoms with Crippen LogP contribution in [0.25, 0.3) is 0 Å². The summed E-state index contributed by atoms with van der Waals surface area (Å²) in [6.07, 6.45) is 0.335. The van der Waals surface area contributed by atoms with E-state index in [0.717, 1.165) is 12.1 Å². The Kier molecular flexibility index (Phi) is 6.01. The second-order valence-corrected chi connectivity index (χ2v) is 4.63. The number of rotatable bonds is 6. The lowest BCUT2D eigenvalue weighted by atomic mass is 10.1. The first kappa shape index (κ1) is 14.0. The van der Waals surface area contributed by atoms with Crippen molar-refractivity contribution in [1.29, 1.82) is 0 Å². The van der Waals surface area contributed by atoms with Crippen LogP contribution in [-0.4, -0.2) is 25.0 Å². The van der Waals surface area contributed by atoms with Gasteiger partial charge in [-0.05, 0) is 11.6 Å². The molecule has 1 amide bonds. The van der Waals surface area contributed by atoms with Crippen molar-refractivity contribution in [2.24, 2.45) is 0 Å². The molecule has 0 saturated heterocycles. The highest BCUT2D eigenvalue weighted by atomic mass is 35.5. The summed E-state index contributed by atoms with van der Waals surface area (Å²) < 4.78 is 0. The molecular formula is C13H19ClN2O. The highest BCUT2D eigenvalue weighted by Gasteiger charge is 2.05. The van der Waals surface area contributed by atoms with Crippen LogP contribution in [0.2, 0.25) is 5.02 Å². The third-order valence-electron chi connectivity index (χ3n) is 2.31. The Hall–Kier alpha value is -1.06. The Labute approximate surface area is 108 Å². The Morgan fingerprint density at radius 2 is 2.00 bits per heavy atom. The van der Waals surface area contributed by atoms with Gasteiger partial charge in [-0.15, -0.1) is 0 Å². The predicted octanol–water partition coefficient (Wildman–Crippen LogP) is 2.00. The molecular weight excluding hydrogens is 236 g/mol. The lowest BCUT2D eigenvalue weighted by Gasteiger charge is -2.09. The number of carbonyl (C=O) groups is 1. The van der Waals surface area contributed by atoms with Crippen LogP contribution >= 0.6 is 11.6 Å². The maximum absolute atomic E-state index is 11.6. The molecule has 2 N–H and O–H groups in total. The molecule has 3 nitrogen and oxygen atoms in total. The number of hydrogen-bond donors (Lipinski definition) is 2. The molecule has 0 spiro atoms. The topological polar surface area (TPSA) is 41.1 Å². The largest absolute Gasteiger partial charge is 0.355 e. The fourth-order valence-electron chi connectivity index (χ4n) is 1.44. The molecule has 0 radical (unpaired) electrons. The van der Waals surface area contributed by atoms with Crippen LogP contribution in [0.15, 0.2) is 24.3 Å². The SMILES string of the molecule is CC(C)NCCNC(=O)Cc1ccccc1Cl. The van der Waals surface area contributed by atoms with Gasteiger partial charge in [-0.1, -0.05) is 43.6 Å². The van der Waals surface area contributed by atoms with Crippen LogP contribution in [0.1, 0.15) is 19.4 Å². The fourth-order valence-corrected chi connectivity index (χ4v) is 1.64. The van der Waals surface area contributed by atoms with Gasteiger partial charge in [0.2, 0.25) is 5.91 Å². The molecule has 1 aromatic carbocycles. The van der Waals surface area contributed by atoms with Crippen LogP contribution in [-0.2, 0) is 11.2 Å². The first-order chi connectivity index (χ1) is 8.09. The Morgan fingerprint density at radius 3 is 2.65 bits per heavy atom. The lowest BCUT2D eigenvalue weighted by molar-refractivity contribution is -0.120. The van der Waals surface area contributed by atoms with Crippen LogP contribution in [0.5, 0.6) is 0 Å². The number of hydrogen-bond acceptors (Lipinski definition) is 2. The second kappa shape index (κ2) is 7.30. The van der Waals surface area contributed by atoms with E-state index in [0.29, 0.717) is 24.0 Å². The molecule has 1 aromatic rings. The average molecular weight is 255 g/mol. The quantitative estimate of drug-likeness (QED) is 0.763. The van der Waals surface area contributed by atoms with E-state index in [-0.39, 0.29) is 5.91 Å². The van der Waals surface area contributed by atoms with Crippen molar-refractivity contribution in [1.82, 2.24) is 10.6 Å². The first-order valence-electron chi connectivity index (χ1n) is 5.83. The summed E-state index contributed by atoms with van der Waals surface area (Å²) in [5.41, 5.74) is 0.864. The minimum atomic E-state index is 0.00339. The third kappa shape index (κ3) is 5.71. The smallest absolute Gasteiger partial charge is 0.224 e. The molecule has 0 bridgehead atoms. The average Bonchev–Trinajstić information content (AvgIpc) is 2.27. The maximum Gasteiger partial charge on any atom is 0.224 e. The molecule has 0 fully saturated rings. The lowest BCUT2D eigenvalue weighted by Crippen LogP contribution is -2.35. The Balaban J connectivity index is 2.28. The zero-order valence-corrected chi connectivity index (χ0v) is 11.1. The van der Waals surface area contributed by atoms with E-state index >= 15 is 0 Å². The van der Waals surface area contributed by atoms with E-state index < -0.39 is 0 Å². The molecule has 17 heavy (non-hydrogen) atoms. The molecule has 4 heteroatoms. The van der Waals surface area contributed by atoms with Crippen LogP contribution in [0, 0.1) is 0 Å². The summed E-state index contributed by atoms with van der Waals surface area (Å²) in [6.45, 7) is 5.57. The Morgan fingerprint density at radius 1 is 1.29 bits per heavy atom. The van der Waals surface area contributed by atoms with Crippen LogP contribution in [0.4, 0.5) is 0 Å². The van der Waals surface area contributed by atoms with Crippen molar-refractivity contribution in [2.75, 3.05) is 13.1 Å². The fraction of sp³-hybridized carbons (Fsp3) is 0.462. The van der Waals surface area contributed by atoms with Crippen LogP contribution in [0.3, 0.4) is 0 Å². The van der Waals surface area contributed by atoms with Crippen molar-refractivity contribution in [3.63, 3.8) is 0 Å². The van der Waals surface area contributed by atoms with Crippen molar-refractivity contribution >= 4 is 17.5 Å². The summed E-state index contributed by atoms with van der Waals surface area (Å²) in [4.78, 5) is 11.6. The first-order valence-corrected chi connectivity index (χ1v) is 6.21. The van der Waals surface area contributed by atoms with Crippen molar-refractivity contribution in [3.8, 4) is 0 Å². The standard InChI is InChI=1S/C13H19ClN2O/c1-10(2)15-7-8-16-13(17)9-11-5-3-4-6-12(11)14/h3-6,10,15H,7-9H2,1-2H3,(H,16,17). The minimum absolute atomic E-state index is 0.00339. The molecule has 0 unspecified atom stereocenters. The van der Waals surface area contributed by atoms with Gasteiger partial charge in [-0.25, -0.2) is 0 Å². The molecule has 0 atom stereocenters. The van der Waals surface area contributed by atoms with Gasteiger partial charge in [-0.2, -0.15) is 0 Å². The van der Waals surface area contributed by atoms with Gasteiger partial charge in [0.1, 0.15) is 0 Å². The highest BCUT2D eigenvalue weighted by molar-refractivity contribution is 6.31. The van der Waals surface area contributed by atoms with Gasteiger partial charge in [0.25, 0.3) is 0 Å². The zero-order valence-electron chi connectivity index (χ0n) is 10.3. The van der Waals surface area contributed by atoms with Gasteiger partial charge in [0.15, 0.2) is 0 Å². The number of halogens is 1. The summed E-state index contributed by atoms with van der Waals surface area (Å²) >= 11 is 5.98. The van der Waals surface area contributed by atoms with E-state index in [4.69, 9.17) is 11.6 Å². The predicted molar refractivity (Wildman–Crippen MR) is 71.3 cm³/mol.